The molecule has 3 rings (SSSR count). The number of aromatic nitrogens is 2. The molecule has 1 unspecified atom stereocenters. The van der Waals surface area contributed by atoms with Gasteiger partial charge in [-0.3, -0.25) is 4.79 Å². The van der Waals surface area contributed by atoms with E-state index in [2.05, 4.69) is 16.9 Å². The Labute approximate surface area is 152 Å². The minimum absolute atomic E-state index is 0.105. The Morgan fingerprint density at radius 1 is 1.50 bits per heavy atom. The van der Waals surface area contributed by atoms with E-state index in [-0.39, 0.29) is 23.0 Å². The van der Waals surface area contributed by atoms with Crippen molar-refractivity contribution in [3.63, 3.8) is 0 Å². The topological polar surface area (TPSA) is 99.5 Å². The summed E-state index contributed by atoms with van der Waals surface area (Å²) in [6.07, 6.45) is 3.22. The third kappa shape index (κ3) is 3.55. The van der Waals surface area contributed by atoms with E-state index < -0.39 is 10.4 Å². The summed E-state index contributed by atoms with van der Waals surface area (Å²) in [6, 6.07) is 6.35. The fourth-order valence-electron chi connectivity index (χ4n) is 2.71. The number of ether oxygens (including phenoxy) is 1. The summed E-state index contributed by atoms with van der Waals surface area (Å²) in [7, 11) is -2.19. The molecule has 0 saturated heterocycles. The highest BCUT2D eigenvalue weighted by Gasteiger charge is 2.34. The summed E-state index contributed by atoms with van der Waals surface area (Å²) < 4.78 is 34.0. The van der Waals surface area contributed by atoms with Gasteiger partial charge in [0.05, 0.1) is 13.7 Å². The molecule has 9 heteroatoms. The van der Waals surface area contributed by atoms with Crippen LogP contribution in [0.2, 0.25) is 0 Å². The fraction of sp³-hybridized carbons (Fsp3) is 0.294. The van der Waals surface area contributed by atoms with Crippen molar-refractivity contribution in [1.82, 2.24) is 19.2 Å². The molecule has 1 amide bonds. The Morgan fingerprint density at radius 3 is 3.04 bits per heavy atom. The Kier molecular flexibility index (Phi) is 5.21. The zero-order valence-electron chi connectivity index (χ0n) is 14.4. The van der Waals surface area contributed by atoms with E-state index in [1.807, 2.05) is 0 Å². The molecule has 138 valence electrons. The van der Waals surface area contributed by atoms with Crippen LogP contribution in [0.1, 0.15) is 16.3 Å². The van der Waals surface area contributed by atoms with Gasteiger partial charge in [-0.1, -0.05) is 16.4 Å². The molecule has 1 aromatic carbocycles. The van der Waals surface area contributed by atoms with E-state index in [1.54, 1.807) is 29.0 Å². The second-order valence-electron chi connectivity index (χ2n) is 5.75. The number of sulfonamides is 1. The number of imidazole rings is 1. The Bertz CT molecular complexity index is 879. The van der Waals surface area contributed by atoms with Crippen molar-refractivity contribution in [2.45, 2.75) is 18.0 Å². The lowest BCUT2D eigenvalue weighted by molar-refractivity contribution is 0.0953. The normalized spacial score (nSPS) is 16.4. The molecule has 1 N–H and O–H groups in total. The van der Waals surface area contributed by atoms with Crippen LogP contribution in [-0.2, 0) is 27.7 Å². The van der Waals surface area contributed by atoms with Crippen molar-refractivity contribution < 1.29 is 18.3 Å². The molecule has 8 nitrogen and oxygen atoms in total. The molecule has 0 bridgehead atoms. The van der Waals surface area contributed by atoms with Crippen molar-refractivity contribution in [1.29, 1.82) is 0 Å². The summed E-state index contributed by atoms with van der Waals surface area (Å²) in [5.41, 5.74) is 0.266. The molecule has 0 spiro atoms. The molecule has 2 aromatic rings. The van der Waals surface area contributed by atoms with Gasteiger partial charge in [-0.2, -0.15) is 0 Å². The van der Waals surface area contributed by atoms with Gasteiger partial charge in [0.15, 0.2) is 15.3 Å². The Hall–Kier alpha value is -2.49. The number of hydrogen-bond acceptors (Lipinski definition) is 5. The van der Waals surface area contributed by atoms with Crippen LogP contribution >= 0.6 is 0 Å². The average molecular weight is 376 g/mol. The monoisotopic (exact) mass is 376 g/mol. The Balaban J connectivity index is 1.81. The quantitative estimate of drug-likeness (QED) is 0.604. The lowest BCUT2D eigenvalue weighted by Gasteiger charge is -2.30. The predicted molar refractivity (Wildman–Crippen MR) is 95.3 cm³/mol. The van der Waals surface area contributed by atoms with Crippen LogP contribution < -0.4 is 10.1 Å². The number of benzene rings is 1. The zero-order chi connectivity index (χ0) is 18.7. The molecule has 0 aliphatic carbocycles. The molecule has 1 aliphatic heterocycles. The summed E-state index contributed by atoms with van der Waals surface area (Å²) in [6.45, 7) is 4.73. The van der Waals surface area contributed by atoms with Crippen molar-refractivity contribution in [3.8, 4) is 5.75 Å². The fourth-order valence-corrected chi connectivity index (χ4v) is 4.13. The lowest BCUT2D eigenvalue weighted by atomic mass is 10.3. The number of rotatable bonds is 6. The average Bonchev–Trinajstić information content (AvgIpc) is 3.09. The maximum absolute atomic E-state index is 12.9. The first-order valence-corrected chi connectivity index (χ1v) is 9.49. The summed E-state index contributed by atoms with van der Waals surface area (Å²) in [4.78, 5) is 16.5. The first-order chi connectivity index (χ1) is 12.5. The maximum Gasteiger partial charge on any atom is 0.271 e. The van der Waals surface area contributed by atoms with Crippen molar-refractivity contribution in [2.24, 2.45) is 0 Å². The minimum atomic E-state index is -3.68. The predicted octanol–water partition coefficient (Wildman–Crippen LogP) is 1.23. The molecule has 1 atom stereocenters. The molecule has 0 fully saturated rings. The maximum atomic E-state index is 12.9. The SMILES string of the molecule is C=CCNC(=O)c1cn2c(n1)CN([S+](=O)([O-])c1cccc(OC)c1)CC2. The molecule has 0 saturated carbocycles. The molecule has 0 radical (unpaired) electrons. The number of carbonyl (C=O) groups excluding carboxylic acids is 1. The number of hydrogen-bond donors (Lipinski definition) is 1. The number of methoxy groups -OCH3 is 1. The number of amides is 1. The molecular formula is C17H20N4O4S. The van der Waals surface area contributed by atoms with Gasteiger partial charge in [-0.25, -0.2) is 4.98 Å². The summed E-state index contributed by atoms with van der Waals surface area (Å²) in [5, 5.41) is 2.66. The van der Waals surface area contributed by atoms with Crippen LogP contribution in [-0.4, -0.2) is 44.5 Å². The number of nitrogens with zero attached hydrogens (tertiary/aromatic N) is 3. The molecule has 1 aliphatic rings. The number of carbonyl (C=O) groups is 1. The first-order valence-electron chi connectivity index (χ1n) is 8.05. The number of nitrogens with one attached hydrogen (secondary N) is 1. The van der Waals surface area contributed by atoms with Crippen molar-refractivity contribution in [2.75, 3.05) is 20.2 Å². The van der Waals surface area contributed by atoms with Crippen molar-refractivity contribution >= 4 is 16.3 Å². The molecule has 2 heterocycles. The Morgan fingerprint density at radius 2 is 2.31 bits per heavy atom. The summed E-state index contributed by atoms with van der Waals surface area (Å²) in [5.74, 6) is 0.700. The summed E-state index contributed by atoms with van der Waals surface area (Å²) >= 11 is 0. The van der Waals surface area contributed by atoms with Gasteiger partial charge in [0, 0.05) is 25.4 Å². The highest BCUT2D eigenvalue weighted by molar-refractivity contribution is 7.95. The smallest absolute Gasteiger partial charge is 0.271 e. The van der Waals surface area contributed by atoms with Crippen LogP contribution in [0.5, 0.6) is 5.75 Å². The van der Waals surface area contributed by atoms with Gasteiger partial charge >= 0.3 is 0 Å². The van der Waals surface area contributed by atoms with E-state index in [1.165, 1.54) is 23.5 Å². The molecule has 26 heavy (non-hydrogen) atoms. The first kappa shape index (κ1) is 18.3. The third-order valence-electron chi connectivity index (χ3n) is 4.09. The van der Waals surface area contributed by atoms with Crippen molar-refractivity contribution in [3.05, 3.63) is 54.6 Å². The second-order valence-corrected chi connectivity index (χ2v) is 7.69. The van der Waals surface area contributed by atoms with Crippen LogP contribution in [0.3, 0.4) is 0 Å². The van der Waals surface area contributed by atoms with E-state index >= 15 is 0 Å². The molecular weight excluding hydrogens is 356 g/mol. The zero-order valence-corrected chi connectivity index (χ0v) is 15.2. The van der Waals surface area contributed by atoms with Crippen LogP contribution in [0.15, 0.2) is 48.0 Å². The largest absolute Gasteiger partial charge is 0.593 e. The van der Waals surface area contributed by atoms with Gasteiger partial charge in [-0.15, -0.1) is 10.9 Å². The highest BCUT2D eigenvalue weighted by Crippen LogP contribution is 2.28. The lowest BCUT2D eigenvalue weighted by Crippen LogP contribution is -2.41. The van der Waals surface area contributed by atoms with E-state index in [0.717, 1.165) is 0 Å². The van der Waals surface area contributed by atoms with E-state index in [9.17, 15) is 13.6 Å². The van der Waals surface area contributed by atoms with Gasteiger partial charge in [0.1, 0.15) is 23.8 Å². The van der Waals surface area contributed by atoms with Crippen LogP contribution in [0.25, 0.3) is 0 Å². The highest BCUT2D eigenvalue weighted by atomic mass is 32.3. The molecule has 1 aromatic heterocycles. The van der Waals surface area contributed by atoms with Gasteiger partial charge in [0.2, 0.25) is 0 Å². The van der Waals surface area contributed by atoms with E-state index in [0.29, 0.717) is 31.2 Å². The van der Waals surface area contributed by atoms with Gasteiger partial charge < -0.3 is 19.2 Å². The van der Waals surface area contributed by atoms with Crippen LogP contribution in [0, 0.1) is 0 Å². The van der Waals surface area contributed by atoms with Gasteiger partial charge in [0.25, 0.3) is 5.91 Å². The standard InChI is InChI=1S/C17H20N4O4S/c1-3-7-18-17(22)15-11-20-8-9-21(12-16(20)19-15)26(23,24)14-6-4-5-13(10-14)25-2/h3-6,10-11H,1,7-9,12H2,2H3,(H-,18,22,23,24). The number of fused-ring (bicyclic) bond motifs is 1. The minimum Gasteiger partial charge on any atom is -0.593 e. The van der Waals surface area contributed by atoms with E-state index in [4.69, 9.17) is 4.74 Å². The second kappa shape index (κ2) is 7.40. The van der Waals surface area contributed by atoms with Gasteiger partial charge in [-0.05, 0) is 12.1 Å². The third-order valence-corrected chi connectivity index (χ3v) is 5.93. The van der Waals surface area contributed by atoms with Crippen LogP contribution in [0.4, 0.5) is 0 Å².